The second-order valence-corrected chi connectivity index (χ2v) is 10.6. The first-order valence-corrected chi connectivity index (χ1v) is 13.1. The SMILES string of the molecule is Cc1ccc2c(CC3CCCN3)c3n(c2c1)CCn1c-3c(C[C@@H]2CCCN2)c2ccc(F)cc21. The number of benzene rings is 2. The smallest absolute Gasteiger partial charge is 0.125 e. The Morgan fingerprint density at radius 1 is 0.794 bits per heavy atom. The van der Waals surface area contributed by atoms with Crippen LogP contribution < -0.4 is 10.6 Å². The molecule has 3 aliphatic heterocycles. The minimum absolute atomic E-state index is 0.143. The molecule has 7 rings (SSSR count). The van der Waals surface area contributed by atoms with Gasteiger partial charge >= 0.3 is 0 Å². The Balaban J connectivity index is 1.51. The van der Waals surface area contributed by atoms with Crippen molar-refractivity contribution in [1.82, 2.24) is 19.8 Å². The van der Waals surface area contributed by atoms with Crippen LogP contribution in [0.5, 0.6) is 0 Å². The van der Waals surface area contributed by atoms with E-state index in [1.54, 1.807) is 12.1 Å². The van der Waals surface area contributed by atoms with Gasteiger partial charge in [-0.3, -0.25) is 0 Å². The number of aryl methyl sites for hydroxylation is 3. The number of nitrogens with one attached hydrogen (secondary N) is 2. The number of fused-ring (bicyclic) bond motifs is 7. The molecule has 2 aromatic carbocycles. The molecule has 0 aliphatic carbocycles. The van der Waals surface area contributed by atoms with Gasteiger partial charge in [0.05, 0.1) is 16.9 Å². The lowest BCUT2D eigenvalue weighted by atomic mass is 9.95. The van der Waals surface area contributed by atoms with Gasteiger partial charge in [0.2, 0.25) is 0 Å². The van der Waals surface area contributed by atoms with E-state index in [4.69, 9.17) is 0 Å². The van der Waals surface area contributed by atoms with Gasteiger partial charge in [-0.1, -0.05) is 12.1 Å². The zero-order valence-electron chi connectivity index (χ0n) is 20.0. The van der Waals surface area contributed by atoms with Crippen LogP contribution in [0.15, 0.2) is 36.4 Å². The molecule has 0 bridgehead atoms. The first-order chi connectivity index (χ1) is 16.7. The van der Waals surface area contributed by atoms with Crippen molar-refractivity contribution in [3.05, 3.63) is 58.9 Å². The fourth-order valence-corrected chi connectivity index (χ4v) is 6.90. The van der Waals surface area contributed by atoms with Crippen LogP contribution in [0.2, 0.25) is 0 Å². The molecular formula is C29H33FN4. The van der Waals surface area contributed by atoms with Crippen molar-refractivity contribution in [2.45, 2.75) is 70.6 Å². The lowest BCUT2D eigenvalue weighted by molar-refractivity contribution is 0.565. The van der Waals surface area contributed by atoms with E-state index in [9.17, 15) is 4.39 Å². The summed E-state index contributed by atoms with van der Waals surface area (Å²) in [5.41, 5.74) is 9.31. The monoisotopic (exact) mass is 456 g/mol. The molecule has 4 aromatic rings. The topological polar surface area (TPSA) is 33.9 Å². The Morgan fingerprint density at radius 3 is 1.91 bits per heavy atom. The van der Waals surface area contributed by atoms with Crippen LogP contribution in [0.4, 0.5) is 4.39 Å². The third kappa shape index (κ3) is 3.17. The summed E-state index contributed by atoms with van der Waals surface area (Å²) in [4.78, 5) is 0. The summed E-state index contributed by atoms with van der Waals surface area (Å²) in [6.45, 7) is 6.24. The second kappa shape index (κ2) is 7.96. The number of rotatable bonds is 4. The molecule has 2 fully saturated rings. The van der Waals surface area contributed by atoms with Crippen LogP contribution in [0, 0.1) is 12.7 Å². The Kier molecular flexibility index (Phi) is 4.85. The van der Waals surface area contributed by atoms with E-state index >= 15 is 0 Å². The standard InChI is InChI=1S/C29H33FN4/c1-18-6-8-22-24(16-20-4-2-10-31-20)28-29-25(17-21-5-3-11-32-21)23-9-7-19(30)15-27(23)34(29)13-12-33(28)26(22)14-18/h6-9,14-15,20-21,31-32H,2-5,10-13,16-17H2,1H3/t20?,21-/m0/s1. The van der Waals surface area contributed by atoms with E-state index in [0.29, 0.717) is 12.1 Å². The van der Waals surface area contributed by atoms with Gasteiger partial charge in [0, 0.05) is 41.5 Å². The van der Waals surface area contributed by atoms with Crippen LogP contribution in [-0.4, -0.2) is 34.3 Å². The molecule has 0 spiro atoms. The molecule has 5 heterocycles. The molecule has 176 valence electrons. The van der Waals surface area contributed by atoms with E-state index in [1.165, 1.54) is 70.1 Å². The summed E-state index contributed by atoms with van der Waals surface area (Å²) in [6.07, 6.45) is 7.02. The minimum Gasteiger partial charge on any atom is -0.337 e. The molecular weight excluding hydrogens is 423 g/mol. The van der Waals surface area contributed by atoms with Crippen molar-refractivity contribution in [2.24, 2.45) is 0 Å². The number of aromatic nitrogens is 2. The average Bonchev–Trinajstić information content (AvgIpc) is 3.63. The average molecular weight is 457 g/mol. The van der Waals surface area contributed by atoms with Crippen LogP contribution in [-0.2, 0) is 25.9 Å². The molecule has 0 radical (unpaired) electrons. The van der Waals surface area contributed by atoms with E-state index in [1.807, 2.05) is 6.07 Å². The van der Waals surface area contributed by atoms with Crippen LogP contribution >= 0.6 is 0 Å². The highest BCUT2D eigenvalue weighted by molar-refractivity contribution is 5.98. The Morgan fingerprint density at radius 2 is 1.35 bits per heavy atom. The Bertz CT molecular complexity index is 1290. The van der Waals surface area contributed by atoms with Crippen LogP contribution in [0.25, 0.3) is 33.2 Å². The summed E-state index contributed by atoms with van der Waals surface area (Å²) in [6, 6.07) is 13.4. The molecule has 0 amide bonds. The van der Waals surface area contributed by atoms with Crippen molar-refractivity contribution in [3.8, 4) is 11.4 Å². The molecule has 1 unspecified atom stereocenters. The summed E-state index contributed by atoms with van der Waals surface area (Å²) in [5.74, 6) is -0.143. The Hall–Kier alpha value is -2.63. The molecule has 2 aromatic heterocycles. The van der Waals surface area contributed by atoms with Gasteiger partial charge in [-0.15, -0.1) is 0 Å². The summed E-state index contributed by atoms with van der Waals surface area (Å²) >= 11 is 0. The highest BCUT2D eigenvalue weighted by Crippen LogP contribution is 2.44. The molecule has 3 aliphatic rings. The maximum absolute atomic E-state index is 14.4. The van der Waals surface area contributed by atoms with E-state index in [0.717, 1.165) is 44.5 Å². The zero-order valence-corrected chi connectivity index (χ0v) is 20.0. The number of hydrogen-bond acceptors (Lipinski definition) is 2. The zero-order chi connectivity index (χ0) is 22.8. The fraction of sp³-hybridized carbons (Fsp3) is 0.448. The van der Waals surface area contributed by atoms with Crippen molar-refractivity contribution in [2.75, 3.05) is 13.1 Å². The number of hydrogen-bond donors (Lipinski definition) is 2. The van der Waals surface area contributed by atoms with Gasteiger partial charge in [-0.25, -0.2) is 4.39 Å². The highest BCUT2D eigenvalue weighted by atomic mass is 19.1. The largest absolute Gasteiger partial charge is 0.337 e. The maximum Gasteiger partial charge on any atom is 0.125 e. The quantitative estimate of drug-likeness (QED) is 0.436. The Labute approximate surface area is 200 Å². The number of nitrogens with zero attached hydrogens (tertiary/aromatic N) is 2. The molecule has 4 nitrogen and oxygen atoms in total. The molecule has 2 atom stereocenters. The summed E-state index contributed by atoms with van der Waals surface area (Å²) < 4.78 is 19.4. The fourth-order valence-electron chi connectivity index (χ4n) is 6.90. The second-order valence-electron chi connectivity index (χ2n) is 10.6. The van der Waals surface area contributed by atoms with Crippen molar-refractivity contribution in [3.63, 3.8) is 0 Å². The van der Waals surface area contributed by atoms with Gasteiger partial charge in [0.15, 0.2) is 0 Å². The van der Waals surface area contributed by atoms with Gasteiger partial charge in [0.1, 0.15) is 5.82 Å². The molecule has 2 N–H and O–H groups in total. The van der Waals surface area contributed by atoms with Crippen molar-refractivity contribution >= 4 is 21.8 Å². The predicted molar refractivity (Wildman–Crippen MR) is 137 cm³/mol. The van der Waals surface area contributed by atoms with E-state index in [2.05, 4.69) is 44.9 Å². The van der Waals surface area contributed by atoms with Gasteiger partial charge in [-0.2, -0.15) is 0 Å². The van der Waals surface area contributed by atoms with Crippen molar-refractivity contribution < 1.29 is 4.39 Å². The lowest BCUT2D eigenvalue weighted by Crippen LogP contribution is -2.26. The summed E-state index contributed by atoms with van der Waals surface area (Å²) in [5, 5.41) is 10.1. The van der Waals surface area contributed by atoms with Crippen LogP contribution in [0.3, 0.4) is 0 Å². The predicted octanol–water partition coefficient (Wildman–Crippen LogP) is 5.31. The molecule has 2 saturated heterocycles. The third-order valence-electron chi connectivity index (χ3n) is 8.45. The van der Waals surface area contributed by atoms with Crippen LogP contribution in [0.1, 0.15) is 42.4 Å². The van der Waals surface area contributed by atoms with Gasteiger partial charge in [0.25, 0.3) is 0 Å². The lowest BCUT2D eigenvalue weighted by Gasteiger charge is -2.24. The molecule has 0 saturated carbocycles. The first kappa shape index (κ1) is 20.7. The van der Waals surface area contributed by atoms with Gasteiger partial charge < -0.3 is 19.8 Å². The molecule has 5 heteroatoms. The molecule has 34 heavy (non-hydrogen) atoms. The van der Waals surface area contributed by atoms with E-state index in [-0.39, 0.29) is 5.82 Å². The van der Waals surface area contributed by atoms with Gasteiger partial charge in [-0.05, 0) is 99.5 Å². The van der Waals surface area contributed by atoms with E-state index < -0.39 is 0 Å². The maximum atomic E-state index is 14.4. The highest BCUT2D eigenvalue weighted by Gasteiger charge is 2.32. The normalized spacial score (nSPS) is 22.1. The van der Waals surface area contributed by atoms with Crippen molar-refractivity contribution in [1.29, 1.82) is 0 Å². The third-order valence-corrected chi connectivity index (χ3v) is 8.45. The first-order valence-electron chi connectivity index (χ1n) is 13.1. The number of halogens is 1. The minimum atomic E-state index is -0.143. The summed E-state index contributed by atoms with van der Waals surface area (Å²) in [7, 11) is 0.